The van der Waals surface area contributed by atoms with Crippen molar-refractivity contribution in [3.05, 3.63) is 86.2 Å². The van der Waals surface area contributed by atoms with Crippen molar-refractivity contribution >= 4 is 55.2 Å². The van der Waals surface area contributed by atoms with Crippen LogP contribution < -0.4 is 11.3 Å². The molecule has 0 fully saturated rings. The van der Waals surface area contributed by atoms with E-state index in [2.05, 4.69) is 4.98 Å². The second-order valence-corrected chi connectivity index (χ2v) is 11.6. The molecule has 0 aliphatic rings. The first-order chi connectivity index (χ1) is 16.0. The highest BCUT2D eigenvalue weighted by Crippen LogP contribution is 2.26. The number of hydrogen-bond acceptors (Lipinski definition) is 7. The van der Waals surface area contributed by atoms with Gasteiger partial charge in [0, 0.05) is 29.6 Å². The summed E-state index contributed by atoms with van der Waals surface area (Å²) in [5, 5.41) is 0.783. The number of pyridine rings is 2. The highest BCUT2D eigenvalue weighted by molar-refractivity contribution is 7.94. The van der Waals surface area contributed by atoms with Crippen molar-refractivity contribution in [3.8, 4) is 5.82 Å². The Hall–Kier alpha value is -3.34. The van der Waals surface area contributed by atoms with Gasteiger partial charge >= 0.3 is 0 Å². The van der Waals surface area contributed by atoms with Crippen LogP contribution >= 0.6 is 22.9 Å². The van der Waals surface area contributed by atoms with E-state index in [0.29, 0.717) is 20.7 Å². The number of amides is 1. The molecule has 0 saturated heterocycles. The van der Waals surface area contributed by atoms with Crippen molar-refractivity contribution in [2.24, 2.45) is 5.73 Å². The third kappa shape index (κ3) is 4.79. The lowest BCUT2D eigenvalue weighted by molar-refractivity contribution is -0.116. The van der Waals surface area contributed by atoms with E-state index in [9.17, 15) is 22.8 Å². The number of nitrogens with zero attached hydrogens (tertiary/aromatic N) is 2. The summed E-state index contributed by atoms with van der Waals surface area (Å²) >= 11 is 6.68. The van der Waals surface area contributed by atoms with Gasteiger partial charge < -0.3 is 5.73 Å². The molecule has 8 nitrogen and oxygen atoms in total. The number of nitrogens with two attached hydrogens (primary N) is 1. The van der Waals surface area contributed by atoms with Gasteiger partial charge in [-0.2, -0.15) is 0 Å². The SMILES string of the molecule is Cc1ccc2c(=O)n(-c3ccc(CC(=O)CS(=O)(=O)c4ccc(Cl)s4)cn3)cc(C(N)=O)c2c1. The first kappa shape index (κ1) is 23.8. The number of rotatable bonds is 7. The molecule has 4 rings (SSSR count). The fourth-order valence-corrected chi connectivity index (χ4v) is 6.32. The molecule has 0 bridgehead atoms. The average molecular weight is 516 g/mol. The predicted molar refractivity (Wildman–Crippen MR) is 131 cm³/mol. The third-order valence-electron chi connectivity index (χ3n) is 5.10. The van der Waals surface area contributed by atoms with Crippen molar-refractivity contribution in [2.75, 3.05) is 5.75 Å². The Labute approximate surface area is 203 Å². The smallest absolute Gasteiger partial charge is 0.264 e. The molecule has 1 amide bonds. The number of aromatic nitrogens is 2. The van der Waals surface area contributed by atoms with Crippen LogP contribution in [0.3, 0.4) is 0 Å². The molecule has 0 unspecified atom stereocenters. The Bertz CT molecular complexity index is 1610. The summed E-state index contributed by atoms with van der Waals surface area (Å²) in [7, 11) is -3.78. The molecule has 4 aromatic rings. The van der Waals surface area contributed by atoms with E-state index in [-0.39, 0.29) is 27.6 Å². The molecule has 0 aliphatic heterocycles. The number of primary amides is 1. The minimum atomic E-state index is -3.78. The van der Waals surface area contributed by atoms with E-state index < -0.39 is 27.3 Å². The molecular weight excluding hydrogens is 498 g/mol. The van der Waals surface area contributed by atoms with Crippen LogP contribution in [0.15, 0.2) is 63.9 Å². The Kier molecular flexibility index (Phi) is 6.39. The number of hydrogen-bond donors (Lipinski definition) is 1. The molecule has 0 atom stereocenters. The fourth-order valence-electron chi connectivity index (χ4n) is 3.51. The van der Waals surface area contributed by atoms with E-state index in [1.807, 2.05) is 6.92 Å². The van der Waals surface area contributed by atoms with Crippen LogP contribution in [0.25, 0.3) is 16.6 Å². The Morgan fingerprint density at radius 1 is 1.12 bits per heavy atom. The summed E-state index contributed by atoms with van der Waals surface area (Å²) in [6.07, 6.45) is 2.58. The molecule has 3 aromatic heterocycles. The third-order valence-corrected chi connectivity index (χ3v) is 8.59. The van der Waals surface area contributed by atoms with Gasteiger partial charge in [-0.15, -0.1) is 11.3 Å². The van der Waals surface area contributed by atoms with E-state index in [4.69, 9.17) is 17.3 Å². The van der Waals surface area contributed by atoms with Crippen molar-refractivity contribution < 1.29 is 18.0 Å². The van der Waals surface area contributed by atoms with Gasteiger partial charge in [-0.1, -0.05) is 35.4 Å². The van der Waals surface area contributed by atoms with Gasteiger partial charge in [0.2, 0.25) is 0 Å². The number of sulfone groups is 1. The normalized spacial score (nSPS) is 11.6. The van der Waals surface area contributed by atoms with Gasteiger partial charge in [-0.25, -0.2) is 13.4 Å². The lowest BCUT2D eigenvalue weighted by atomic mass is 10.0. The summed E-state index contributed by atoms with van der Waals surface area (Å²) in [6, 6.07) is 11.0. The van der Waals surface area contributed by atoms with Gasteiger partial charge in [0.1, 0.15) is 15.8 Å². The Morgan fingerprint density at radius 2 is 1.88 bits per heavy atom. The summed E-state index contributed by atoms with van der Waals surface area (Å²) < 4.78 is 26.3. The Morgan fingerprint density at radius 3 is 2.50 bits per heavy atom. The number of benzene rings is 1. The number of halogens is 1. The first-order valence-electron chi connectivity index (χ1n) is 9.96. The van der Waals surface area contributed by atoms with Crippen LogP contribution in [-0.2, 0) is 21.1 Å². The summed E-state index contributed by atoms with van der Waals surface area (Å²) in [6.45, 7) is 1.85. The van der Waals surface area contributed by atoms with Crippen molar-refractivity contribution in [1.29, 1.82) is 0 Å². The lowest BCUT2D eigenvalue weighted by Gasteiger charge is -2.11. The van der Waals surface area contributed by atoms with Crippen molar-refractivity contribution in [2.45, 2.75) is 17.6 Å². The lowest BCUT2D eigenvalue weighted by Crippen LogP contribution is -2.23. The number of carbonyl (C=O) groups is 2. The quantitative estimate of drug-likeness (QED) is 0.402. The molecule has 0 saturated carbocycles. The molecule has 11 heteroatoms. The number of ketones is 1. The van der Waals surface area contributed by atoms with Crippen molar-refractivity contribution in [3.63, 3.8) is 0 Å². The number of aryl methyl sites for hydroxylation is 1. The van der Waals surface area contributed by atoms with Crippen LogP contribution in [0, 0.1) is 6.92 Å². The summed E-state index contributed by atoms with van der Waals surface area (Å²) in [4.78, 5) is 41.6. The molecule has 3 heterocycles. The number of fused-ring (bicyclic) bond motifs is 1. The maximum atomic E-state index is 13.0. The maximum Gasteiger partial charge on any atom is 0.264 e. The highest BCUT2D eigenvalue weighted by Gasteiger charge is 2.21. The zero-order valence-electron chi connectivity index (χ0n) is 17.8. The predicted octanol–water partition coefficient (Wildman–Crippen LogP) is 3.09. The number of thiophene rings is 1. The van der Waals surface area contributed by atoms with Crippen LogP contribution in [0.1, 0.15) is 21.5 Å². The van der Waals surface area contributed by atoms with Crippen molar-refractivity contribution in [1.82, 2.24) is 9.55 Å². The molecular formula is C23H18ClN3O5S2. The van der Waals surface area contributed by atoms with Crippen LogP contribution in [0.5, 0.6) is 0 Å². The fraction of sp³-hybridized carbons (Fsp3) is 0.130. The molecule has 1 aromatic carbocycles. The van der Waals surface area contributed by atoms with Gasteiger partial charge in [-0.3, -0.25) is 19.0 Å². The minimum Gasteiger partial charge on any atom is -0.366 e. The standard InChI is InChI=1S/C23H18ClN3O5S2/c1-13-2-4-16-17(8-13)18(22(25)29)11-27(23(16)30)20-6-3-14(10-26-20)9-15(28)12-34(31,32)21-7-5-19(24)33-21/h2-8,10-11H,9,12H2,1H3,(H2,25,29). The van der Waals surface area contributed by atoms with Gasteiger partial charge in [0.25, 0.3) is 11.5 Å². The van der Waals surface area contributed by atoms with E-state index in [1.54, 1.807) is 24.3 Å². The average Bonchev–Trinajstić information content (AvgIpc) is 3.21. The first-order valence-corrected chi connectivity index (χ1v) is 12.8. The summed E-state index contributed by atoms with van der Waals surface area (Å²) in [5.41, 5.74) is 6.69. The molecule has 0 aliphatic carbocycles. The largest absolute Gasteiger partial charge is 0.366 e. The van der Waals surface area contributed by atoms with E-state index >= 15 is 0 Å². The van der Waals surface area contributed by atoms with E-state index in [1.165, 1.54) is 35.2 Å². The zero-order chi connectivity index (χ0) is 24.6. The van der Waals surface area contributed by atoms with Gasteiger partial charge in [-0.05, 0) is 36.8 Å². The monoisotopic (exact) mass is 515 g/mol. The second kappa shape index (κ2) is 9.13. The number of carbonyl (C=O) groups excluding carboxylic acids is 2. The molecule has 0 radical (unpaired) electrons. The van der Waals surface area contributed by atoms with Crippen LogP contribution in [-0.4, -0.2) is 35.4 Å². The maximum absolute atomic E-state index is 13.0. The zero-order valence-corrected chi connectivity index (χ0v) is 20.2. The molecule has 174 valence electrons. The second-order valence-electron chi connectivity index (χ2n) is 7.69. The Balaban J connectivity index is 1.60. The molecule has 2 N–H and O–H groups in total. The summed E-state index contributed by atoms with van der Waals surface area (Å²) in [5.74, 6) is -1.61. The molecule has 34 heavy (non-hydrogen) atoms. The van der Waals surface area contributed by atoms with Crippen LogP contribution in [0.2, 0.25) is 4.34 Å². The highest BCUT2D eigenvalue weighted by atomic mass is 35.5. The number of Topliss-reactive ketones (excluding diaryl/α,β-unsaturated/α-hetero) is 1. The minimum absolute atomic E-state index is 0.0375. The van der Waals surface area contributed by atoms with Gasteiger partial charge in [0.15, 0.2) is 15.6 Å². The topological polar surface area (TPSA) is 129 Å². The van der Waals surface area contributed by atoms with E-state index in [0.717, 1.165) is 16.9 Å². The van der Waals surface area contributed by atoms with Gasteiger partial charge in [0.05, 0.1) is 9.90 Å². The van der Waals surface area contributed by atoms with Crippen LogP contribution in [0.4, 0.5) is 0 Å². The molecule has 0 spiro atoms.